The van der Waals surface area contributed by atoms with E-state index in [-0.39, 0.29) is 10.2 Å². The minimum Gasteiger partial charge on any atom is -0.481 e. The van der Waals surface area contributed by atoms with Gasteiger partial charge in [-0.15, -0.1) is 0 Å². The second kappa shape index (κ2) is 1.91. The molecule has 4 nitrogen and oxygen atoms in total. The molecule has 0 unspecified atom stereocenters. The van der Waals surface area contributed by atoms with E-state index in [0.29, 0.717) is 42.8 Å². The number of aliphatic carboxylic acids is 1. The summed E-state index contributed by atoms with van der Waals surface area (Å²) in [6.45, 7) is 1.32. The fraction of sp³-hybridized carbons (Fsp3) is 0.917. The molecule has 0 aromatic heterocycles. The molecule has 5 heteroatoms. The number of hydrogen-bond donors (Lipinski definition) is 1. The average Bonchev–Trinajstić information content (AvgIpc) is 2.97. The summed E-state index contributed by atoms with van der Waals surface area (Å²) in [5.41, 5.74) is -0.399. The standard InChI is InChI=1S/C12H11BrO4/c13-11-5-3-4(5)10(9(14)15)7(8(10)11)6(3)12(11)16-1-2-17-12/h3-8H,1-2H2,(H,14,15)/t3-,4+,5+,6-,7+,8+,10+,11-/m0/s1. The van der Waals surface area contributed by atoms with Crippen LogP contribution in [0.15, 0.2) is 0 Å². The van der Waals surface area contributed by atoms with Crippen molar-refractivity contribution in [2.45, 2.75) is 10.1 Å². The fourth-order valence-corrected chi connectivity index (χ4v) is 8.56. The van der Waals surface area contributed by atoms with Gasteiger partial charge in [0.25, 0.3) is 0 Å². The molecule has 1 aliphatic heterocycles. The highest BCUT2D eigenvalue weighted by atomic mass is 79.9. The number of ether oxygens (including phenoxy) is 2. The summed E-state index contributed by atoms with van der Waals surface area (Å²) in [6.07, 6.45) is 0. The van der Waals surface area contributed by atoms with E-state index in [2.05, 4.69) is 15.9 Å². The van der Waals surface area contributed by atoms with Crippen LogP contribution in [0, 0.1) is 40.9 Å². The molecule has 7 rings (SSSR count). The number of carboxylic acid groups (broad SMARTS) is 1. The lowest BCUT2D eigenvalue weighted by Gasteiger charge is -2.37. The highest BCUT2D eigenvalue weighted by molar-refractivity contribution is 9.10. The van der Waals surface area contributed by atoms with E-state index in [1.165, 1.54) is 0 Å². The van der Waals surface area contributed by atoms with Crippen LogP contribution >= 0.6 is 15.9 Å². The summed E-state index contributed by atoms with van der Waals surface area (Å²) < 4.78 is 11.8. The first-order valence-electron chi connectivity index (χ1n) is 6.33. The quantitative estimate of drug-likeness (QED) is 0.724. The molecule has 6 aliphatic carbocycles. The number of hydrogen-bond acceptors (Lipinski definition) is 3. The van der Waals surface area contributed by atoms with E-state index in [9.17, 15) is 9.90 Å². The molecule has 0 radical (unpaired) electrons. The summed E-state index contributed by atoms with van der Waals surface area (Å²) in [5.74, 6) is 1.35. The lowest BCUT2D eigenvalue weighted by Crippen LogP contribution is -2.50. The lowest BCUT2D eigenvalue weighted by atomic mass is 9.94. The molecule has 7 fully saturated rings. The van der Waals surface area contributed by atoms with Crippen LogP contribution < -0.4 is 0 Å². The Bertz CT molecular complexity index is 515. The average molecular weight is 299 g/mol. The van der Waals surface area contributed by atoms with Gasteiger partial charge in [-0.1, -0.05) is 15.9 Å². The molecule has 7 aliphatic rings. The van der Waals surface area contributed by atoms with Crippen LogP contribution in [0.1, 0.15) is 0 Å². The number of carboxylic acids is 1. The Morgan fingerprint density at radius 1 is 1.18 bits per heavy atom. The van der Waals surface area contributed by atoms with Gasteiger partial charge in [0, 0.05) is 11.8 Å². The molecule has 1 heterocycles. The van der Waals surface area contributed by atoms with Gasteiger partial charge in [0.2, 0.25) is 0 Å². The first kappa shape index (κ1) is 8.88. The Labute approximate surface area is 106 Å². The zero-order valence-corrected chi connectivity index (χ0v) is 10.5. The largest absolute Gasteiger partial charge is 0.481 e. The number of halogens is 1. The first-order chi connectivity index (χ1) is 8.13. The first-order valence-corrected chi connectivity index (χ1v) is 7.13. The number of carbonyl (C=O) groups is 1. The molecule has 8 atom stereocenters. The van der Waals surface area contributed by atoms with Crippen molar-refractivity contribution < 1.29 is 19.4 Å². The molecule has 6 saturated carbocycles. The van der Waals surface area contributed by atoms with Crippen LogP contribution in [0.2, 0.25) is 0 Å². The van der Waals surface area contributed by atoms with Gasteiger partial charge in [-0.05, 0) is 23.7 Å². The number of alkyl halides is 1. The third-order valence-electron chi connectivity index (χ3n) is 6.74. The normalized spacial score (nSPS) is 73.5. The maximum absolute atomic E-state index is 11.6. The SMILES string of the molecule is O=C(O)[C@]12[C@@H]3[C@@H]4[C@H]5[C@@H]1[C@H]2[C@@](Br)([C@H]43)C51OCCO1. The molecule has 2 bridgehead atoms. The Balaban J connectivity index is 1.63. The fourth-order valence-electron chi connectivity index (χ4n) is 6.82. The molecule has 90 valence electrons. The molecule has 1 saturated heterocycles. The van der Waals surface area contributed by atoms with Gasteiger partial charge in [-0.25, -0.2) is 0 Å². The van der Waals surface area contributed by atoms with Crippen LogP contribution in [0.4, 0.5) is 0 Å². The third-order valence-corrected chi connectivity index (χ3v) is 8.32. The van der Waals surface area contributed by atoms with E-state index in [1.807, 2.05) is 0 Å². The van der Waals surface area contributed by atoms with Crippen molar-refractivity contribution in [3.63, 3.8) is 0 Å². The van der Waals surface area contributed by atoms with Crippen molar-refractivity contribution in [2.75, 3.05) is 13.2 Å². The summed E-state index contributed by atoms with van der Waals surface area (Å²) in [4.78, 5) is 11.6. The Morgan fingerprint density at radius 2 is 1.88 bits per heavy atom. The summed E-state index contributed by atoms with van der Waals surface area (Å²) in [5, 5.41) is 9.59. The Hall–Kier alpha value is -0.130. The minimum atomic E-state index is -0.568. The van der Waals surface area contributed by atoms with Gasteiger partial charge in [-0.3, -0.25) is 4.79 Å². The third kappa shape index (κ3) is 0.479. The van der Waals surface area contributed by atoms with Crippen molar-refractivity contribution in [2.24, 2.45) is 40.9 Å². The molecule has 0 amide bonds. The van der Waals surface area contributed by atoms with Gasteiger partial charge in [0.1, 0.15) is 0 Å². The van der Waals surface area contributed by atoms with Crippen molar-refractivity contribution in [1.82, 2.24) is 0 Å². The van der Waals surface area contributed by atoms with Crippen molar-refractivity contribution in [3.05, 3.63) is 0 Å². The van der Waals surface area contributed by atoms with Crippen molar-refractivity contribution in [3.8, 4) is 0 Å². The smallest absolute Gasteiger partial charge is 0.310 e. The highest BCUT2D eigenvalue weighted by Crippen LogP contribution is 3.04. The zero-order chi connectivity index (χ0) is 11.4. The van der Waals surface area contributed by atoms with Gasteiger partial charge in [-0.2, -0.15) is 0 Å². The Morgan fingerprint density at radius 3 is 2.29 bits per heavy atom. The topological polar surface area (TPSA) is 55.8 Å². The van der Waals surface area contributed by atoms with Crippen LogP contribution in [-0.4, -0.2) is 34.4 Å². The van der Waals surface area contributed by atoms with Gasteiger partial charge < -0.3 is 14.6 Å². The second-order valence-electron chi connectivity index (χ2n) is 6.53. The van der Waals surface area contributed by atoms with Gasteiger partial charge in [0.15, 0.2) is 5.79 Å². The van der Waals surface area contributed by atoms with E-state index >= 15 is 0 Å². The van der Waals surface area contributed by atoms with Gasteiger partial charge >= 0.3 is 5.97 Å². The maximum atomic E-state index is 11.6. The molecular formula is C12H11BrO4. The molecule has 17 heavy (non-hydrogen) atoms. The van der Waals surface area contributed by atoms with E-state index in [4.69, 9.17) is 9.47 Å². The Kier molecular flexibility index (Phi) is 0.998. The molecule has 0 aromatic carbocycles. The maximum Gasteiger partial charge on any atom is 0.310 e. The summed E-state index contributed by atoms with van der Waals surface area (Å²) in [7, 11) is 0. The molecular weight excluding hydrogens is 288 g/mol. The van der Waals surface area contributed by atoms with E-state index < -0.39 is 17.2 Å². The van der Waals surface area contributed by atoms with E-state index in [0.717, 1.165) is 0 Å². The second-order valence-corrected chi connectivity index (χ2v) is 7.84. The van der Waals surface area contributed by atoms with Crippen molar-refractivity contribution >= 4 is 21.9 Å². The van der Waals surface area contributed by atoms with Crippen LogP contribution in [0.5, 0.6) is 0 Å². The highest BCUT2D eigenvalue weighted by Gasteiger charge is 3.10. The van der Waals surface area contributed by atoms with Gasteiger partial charge in [0.05, 0.1) is 23.0 Å². The van der Waals surface area contributed by atoms with E-state index in [1.54, 1.807) is 0 Å². The summed E-state index contributed by atoms with van der Waals surface area (Å²) >= 11 is 3.90. The summed E-state index contributed by atoms with van der Waals surface area (Å²) in [6, 6.07) is 0. The van der Waals surface area contributed by atoms with Crippen molar-refractivity contribution in [1.29, 1.82) is 0 Å². The molecule has 0 aromatic rings. The zero-order valence-electron chi connectivity index (χ0n) is 8.93. The predicted molar refractivity (Wildman–Crippen MR) is 57.3 cm³/mol. The number of rotatable bonds is 1. The molecule has 1 spiro atoms. The van der Waals surface area contributed by atoms with Crippen LogP contribution in [-0.2, 0) is 14.3 Å². The molecule has 1 N–H and O–H groups in total. The monoisotopic (exact) mass is 298 g/mol. The lowest BCUT2D eigenvalue weighted by molar-refractivity contribution is -0.193. The van der Waals surface area contributed by atoms with Crippen LogP contribution in [0.25, 0.3) is 0 Å². The van der Waals surface area contributed by atoms with Crippen LogP contribution in [0.3, 0.4) is 0 Å². The minimum absolute atomic E-state index is 0.181. The predicted octanol–water partition coefficient (Wildman–Crippen LogP) is 0.699.